The highest BCUT2D eigenvalue weighted by Gasteiger charge is 2.29. The first kappa shape index (κ1) is 11.2. The highest BCUT2D eigenvalue weighted by molar-refractivity contribution is 4.99. The molecule has 0 unspecified atom stereocenters. The van der Waals surface area contributed by atoms with Crippen LogP contribution in [0.2, 0.25) is 0 Å². The quantitative estimate of drug-likeness (QED) is 0.790. The van der Waals surface area contributed by atoms with Crippen molar-refractivity contribution in [1.29, 1.82) is 0 Å². The highest BCUT2D eigenvalue weighted by Crippen LogP contribution is 2.34. The van der Waals surface area contributed by atoms with E-state index < -0.39 is 0 Å². The monoisotopic (exact) mass is 236 g/mol. The summed E-state index contributed by atoms with van der Waals surface area (Å²) in [6.45, 7) is 2.10. The molecule has 2 atom stereocenters. The van der Waals surface area contributed by atoms with Crippen LogP contribution in [-0.2, 0) is 4.74 Å². The molecule has 0 bridgehead atoms. The average Bonchev–Trinajstić information content (AvgIpc) is 2.98. The lowest BCUT2D eigenvalue weighted by atomic mass is 9.89. The molecule has 1 aromatic rings. The molecule has 17 heavy (non-hydrogen) atoms. The SMILES string of the molecule is C[C@H]1CC[C@@H](c2nc(C3CCCCC3)no2)O1. The van der Waals surface area contributed by atoms with E-state index in [0.29, 0.717) is 17.9 Å². The van der Waals surface area contributed by atoms with Crippen molar-refractivity contribution in [2.75, 3.05) is 0 Å². The van der Waals surface area contributed by atoms with Gasteiger partial charge in [-0.15, -0.1) is 0 Å². The summed E-state index contributed by atoms with van der Waals surface area (Å²) < 4.78 is 11.1. The fraction of sp³-hybridized carbons (Fsp3) is 0.846. The fourth-order valence-electron chi connectivity index (χ4n) is 2.89. The van der Waals surface area contributed by atoms with Crippen molar-refractivity contribution in [2.24, 2.45) is 0 Å². The Morgan fingerprint density at radius 1 is 1.06 bits per heavy atom. The summed E-state index contributed by atoms with van der Waals surface area (Å²) in [5.74, 6) is 2.11. The zero-order chi connectivity index (χ0) is 11.7. The third-order valence-electron chi connectivity index (χ3n) is 3.94. The summed E-state index contributed by atoms with van der Waals surface area (Å²) in [5, 5.41) is 4.14. The molecule has 1 aliphatic carbocycles. The van der Waals surface area contributed by atoms with Crippen molar-refractivity contribution in [3.8, 4) is 0 Å². The zero-order valence-electron chi connectivity index (χ0n) is 10.4. The first-order valence-corrected chi connectivity index (χ1v) is 6.82. The van der Waals surface area contributed by atoms with Gasteiger partial charge < -0.3 is 9.26 Å². The van der Waals surface area contributed by atoms with Gasteiger partial charge in [0.1, 0.15) is 6.10 Å². The maximum absolute atomic E-state index is 5.75. The summed E-state index contributed by atoms with van der Waals surface area (Å²) in [7, 11) is 0. The number of aromatic nitrogens is 2. The number of hydrogen-bond donors (Lipinski definition) is 0. The molecule has 0 radical (unpaired) electrons. The molecule has 0 aromatic carbocycles. The van der Waals surface area contributed by atoms with Gasteiger partial charge in [0.15, 0.2) is 5.82 Å². The second kappa shape index (κ2) is 4.77. The maximum Gasteiger partial charge on any atom is 0.255 e. The maximum atomic E-state index is 5.75. The number of ether oxygens (including phenoxy) is 1. The zero-order valence-corrected chi connectivity index (χ0v) is 10.4. The number of rotatable bonds is 2. The summed E-state index contributed by atoms with van der Waals surface area (Å²) in [6, 6.07) is 0. The van der Waals surface area contributed by atoms with Crippen molar-refractivity contribution in [2.45, 2.75) is 70.0 Å². The Labute approximate surface area is 102 Å². The number of hydrogen-bond acceptors (Lipinski definition) is 4. The molecule has 1 saturated carbocycles. The van der Waals surface area contributed by atoms with Gasteiger partial charge in [0.05, 0.1) is 6.10 Å². The van der Waals surface area contributed by atoms with E-state index in [0.717, 1.165) is 18.7 Å². The summed E-state index contributed by atoms with van der Waals surface area (Å²) in [5.41, 5.74) is 0. The second-order valence-electron chi connectivity index (χ2n) is 5.34. The van der Waals surface area contributed by atoms with E-state index in [2.05, 4.69) is 17.1 Å². The van der Waals surface area contributed by atoms with E-state index >= 15 is 0 Å². The minimum Gasteiger partial charge on any atom is -0.365 e. The normalized spacial score (nSPS) is 30.9. The molecule has 4 nitrogen and oxygen atoms in total. The Morgan fingerprint density at radius 3 is 2.59 bits per heavy atom. The van der Waals surface area contributed by atoms with Crippen LogP contribution in [0.3, 0.4) is 0 Å². The van der Waals surface area contributed by atoms with Crippen LogP contribution in [0.1, 0.15) is 75.6 Å². The van der Waals surface area contributed by atoms with Gasteiger partial charge >= 0.3 is 0 Å². The van der Waals surface area contributed by atoms with Crippen LogP contribution >= 0.6 is 0 Å². The van der Waals surface area contributed by atoms with Gasteiger partial charge in [0.2, 0.25) is 0 Å². The topological polar surface area (TPSA) is 48.2 Å². The minimum absolute atomic E-state index is 0.0369. The van der Waals surface area contributed by atoms with E-state index in [9.17, 15) is 0 Å². The standard InChI is InChI=1S/C13H20N2O2/c1-9-7-8-11(16-9)13-14-12(15-17-13)10-5-3-2-4-6-10/h9-11H,2-8H2,1H3/t9-,11-/m0/s1. The van der Waals surface area contributed by atoms with Crippen LogP contribution in [0.15, 0.2) is 4.52 Å². The molecule has 2 fully saturated rings. The van der Waals surface area contributed by atoms with E-state index in [-0.39, 0.29) is 6.10 Å². The fourth-order valence-corrected chi connectivity index (χ4v) is 2.89. The molecule has 0 spiro atoms. The Hall–Kier alpha value is -0.900. The van der Waals surface area contributed by atoms with Crippen LogP contribution in [0.4, 0.5) is 0 Å². The van der Waals surface area contributed by atoms with E-state index in [1.54, 1.807) is 0 Å². The van der Waals surface area contributed by atoms with Gasteiger partial charge in [-0.2, -0.15) is 4.98 Å². The van der Waals surface area contributed by atoms with Gasteiger partial charge in [0.25, 0.3) is 5.89 Å². The van der Waals surface area contributed by atoms with Gasteiger partial charge in [-0.3, -0.25) is 0 Å². The van der Waals surface area contributed by atoms with Crippen molar-refractivity contribution in [1.82, 2.24) is 10.1 Å². The van der Waals surface area contributed by atoms with Gasteiger partial charge in [-0.05, 0) is 32.6 Å². The third kappa shape index (κ3) is 2.37. The van der Waals surface area contributed by atoms with Crippen molar-refractivity contribution in [3.05, 3.63) is 11.7 Å². The van der Waals surface area contributed by atoms with Crippen molar-refractivity contribution < 1.29 is 9.26 Å². The Kier molecular flexibility index (Phi) is 3.14. The predicted molar refractivity (Wildman–Crippen MR) is 62.6 cm³/mol. The minimum atomic E-state index is 0.0369. The lowest BCUT2D eigenvalue weighted by Crippen LogP contribution is -2.07. The molecule has 1 aliphatic heterocycles. The molecule has 3 rings (SSSR count). The first-order chi connectivity index (χ1) is 8.33. The van der Waals surface area contributed by atoms with Crippen LogP contribution < -0.4 is 0 Å². The molecular weight excluding hydrogens is 216 g/mol. The van der Waals surface area contributed by atoms with Gasteiger partial charge in [-0.25, -0.2) is 0 Å². The van der Waals surface area contributed by atoms with E-state index in [1.807, 2.05) is 0 Å². The third-order valence-corrected chi connectivity index (χ3v) is 3.94. The van der Waals surface area contributed by atoms with E-state index in [4.69, 9.17) is 9.26 Å². The Morgan fingerprint density at radius 2 is 1.88 bits per heavy atom. The molecule has 0 amide bonds. The smallest absolute Gasteiger partial charge is 0.255 e. The molecule has 94 valence electrons. The van der Waals surface area contributed by atoms with Crippen LogP contribution in [0.5, 0.6) is 0 Å². The van der Waals surface area contributed by atoms with E-state index in [1.165, 1.54) is 32.1 Å². The van der Waals surface area contributed by atoms with Gasteiger partial charge in [-0.1, -0.05) is 24.4 Å². The number of nitrogens with zero attached hydrogens (tertiary/aromatic N) is 2. The molecule has 0 N–H and O–H groups in total. The molecule has 1 aromatic heterocycles. The lowest BCUT2D eigenvalue weighted by molar-refractivity contribution is 0.0355. The van der Waals surface area contributed by atoms with Crippen LogP contribution in [-0.4, -0.2) is 16.2 Å². The predicted octanol–water partition coefficient (Wildman–Crippen LogP) is 3.36. The Balaban J connectivity index is 1.69. The van der Waals surface area contributed by atoms with Gasteiger partial charge in [0, 0.05) is 5.92 Å². The molecule has 2 heterocycles. The summed E-state index contributed by atoms with van der Waals surface area (Å²) >= 11 is 0. The molecule has 2 aliphatic rings. The summed E-state index contributed by atoms with van der Waals surface area (Å²) in [6.07, 6.45) is 8.82. The van der Waals surface area contributed by atoms with Crippen LogP contribution in [0, 0.1) is 0 Å². The van der Waals surface area contributed by atoms with Crippen molar-refractivity contribution in [3.63, 3.8) is 0 Å². The second-order valence-corrected chi connectivity index (χ2v) is 5.34. The molecule has 4 heteroatoms. The average molecular weight is 236 g/mol. The molecular formula is C13H20N2O2. The first-order valence-electron chi connectivity index (χ1n) is 6.82. The van der Waals surface area contributed by atoms with Crippen molar-refractivity contribution >= 4 is 0 Å². The molecule has 1 saturated heterocycles. The lowest BCUT2D eigenvalue weighted by Gasteiger charge is -2.17. The summed E-state index contributed by atoms with van der Waals surface area (Å²) in [4.78, 5) is 4.55. The Bertz CT molecular complexity index is 352. The highest BCUT2D eigenvalue weighted by atomic mass is 16.5. The largest absolute Gasteiger partial charge is 0.365 e. The van der Waals surface area contributed by atoms with Crippen LogP contribution in [0.25, 0.3) is 0 Å².